The quantitative estimate of drug-likeness (QED) is 0.430. The highest BCUT2D eigenvalue weighted by Crippen LogP contribution is 2.34. The van der Waals surface area contributed by atoms with Gasteiger partial charge in [-0.25, -0.2) is 9.37 Å². The van der Waals surface area contributed by atoms with Gasteiger partial charge in [0.2, 0.25) is 11.6 Å². The van der Waals surface area contributed by atoms with Crippen molar-refractivity contribution in [1.29, 1.82) is 0 Å². The average molecular weight is 426 g/mol. The van der Waals surface area contributed by atoms with E-state index in [0.29, 0.717) is 35.4 Å². The first kappa shape index (κ1) is 21.4. The first-order valence-electron chi connectivity index (χ1n) is 10.7. The Hall–Kier alpha value is -2.80. The summed E-state index contributed by atoms with van der Waals surface area (Å²) in [5.41, 5.74) is 2.63. The summed E-state index contributed by atoms with van der Waals surface area (Å²) in [6.07, 6.45) is 6.81. The fourth-order valence-corrected chi connectivity index (χ4v) is 4.42. The van der Waals surface area contributed by atoms with Gasteiger partial charge >= 0.3 is 0 Å². The molecule has 1 saturated carbocycles. The lowest BCUT2D eigenvalue weighted by Gasteiger charge is -2.32. The van der Waals surface area contributed by atoms with Crippen molar-refractivity contribution < 1.29 is 18.2 Å². The van der Waals surface area contributed by atoms with Crippen LogP contribution in [0.1, 0.15) is 43.7 Å². The van der Waals surface area contributed by atoms with Gasteiger partial charge in [0.25, 0.3) is 5.70 Å². The summed E-state index contributed by atoms with van der Waals surface area (Å²) in [7, 11) is 0. The molecule has 1 aliphatic heterocycles. The molecular weight excluding hydrogens is 398 g/mol. The lowest BCUT2D eigenvalue weighted by molar-refractivity contribution is -0.479. The molecule has 31 heavy (non-hydrogen) atoms. The third-order valence-corrected chi connectivity index (χ3v) is 6.29. The van der Waals surface area contributed by atoms with Gasteiger partial charge < -0.3 is 4.74 Å². The number of hydrogen-bond acceptors (Lipinski definition) is 4. The van der Waals surface area contributed by atoms with Crippen molar-refractivity contribution >= 4 is 12.4 Å². The molecule has 162 valence electrons. The van der Waals surface area contributed by atoms with Crippen molar-refractivity contribution in [3.05, 3.63) is 71.2 Å². The minimum Gasteiger partial charge on any atom is -0.369 e. The molecule has 0 amide bonds. The first-order chi connectivity index (χ1) is 15.0. The Labute approximate surface area is 181 Å². The molecule has 2 heterocycles. The molecule has 7 heteroatoms. The Morgan fingerprint density at radius 3 is 2.61 bits per heavy atom. The smallest absolute Gasteiger partial charge is 0.260 e. The molecule has 0 spiro atoms. The van der Waals surface area contributed by atoms with E-state index in [1.807, 2.05) is 6.07 Å². The van der Waals surface area contributed by atoms with E-state index in [2.05, 4.69) is 29.0 Å². The molecule has 1 atom stereocenters. The van der Waals surface area contributed by atoms with Crippen LogP contribution in [0.4, 0.5) is 8.78 Å². The van der Waals surface area contributed by atoms with E-state index >= 15 is 0 Å². The van der Waals surface area contributed by atoms with Crippen molar-refractivity contribution in [2.75, 3.05) is 6.61 Å². The lowest BCUT2D eigenvalue weighted by atomic mass is 9.77. The minimum absolute atomic E-state index is 0.152. The second kappa shape index (κ2) is 9.56. The average Bonchev–Trinajstić information content (AvgIpc) is 3.14. The maximum absolute atomic E-state index is 14.2. The monoisotopic (exact) mass is 425 g/mol. The molecule has 2 aromatic rings. The summed E-state index contributed by atoms with van der Waals surface area (Å²) < 4.78 is 34.8. The Bertz CT molecular complexity index is 995. The number of nitrogens with zero attached hydrogens (tertiary/aromatic N) is 4. The predicted molar refractivity (Wildman–Crippen MR) is 114 cm³/mol. The zero-order valence-corrected chi connectivity index (χ0v) is 17.7. The van der Waals surface area contributed by atoms with Crippen LogP contribution in [-0.2, 0) is 11.2 Å². The van der Waals surface area contributed by atoms with Crippen LogP contribution in [0.5, 0.6) is 0 Å². The molecule has 5 nitrogen and oxygen atoms in total. The van der Waals surface area contributed by atoms with Crippen LogP contribution >= 0.6 is 0 Å². The maximum Gasteiger partial charge on any atom is 0.260 e. The molecule has 1 aromatic carbocycles. The summed E-state index contributed by atoms with van der Waals surface area (Å²) in [6.45, 7) is 6.40. The van der Waals surface area contributed by atoms with Crippen LogP contribution in [0.25, 0.3) is 5.70 Å². The third-order valence-electron chi connectivity index (χ3n) is 6.29. The fourth-order valence-electron chi connectivity index (χ4n) is 4.42. The Morgan fingerprint density at radius 1 is 1.13 bits per heavy atom. The van der Waals surface area contributed by atoms with Crippen LogP contribution in [0.3, 0.4) is 0 Å². The number of benzene rings is 1. The second-order valence-electron chi connectivity index (χ2n) is 8.38. The van der Waals surface area contributed by atoms with E-state index in [9.17, 15) is 8.78 Å². The van der Waals surface area contributed by atoms with Crippen LogP contribution in [-0.4, -0.2) is 29.1 Å². The highest BCUT2D eigenvalue weighted by molar-refractivity contribution is 5.67. The second-order valence-corrected chi connectivity index (χ2v) is 8.38. The van der Waals surface area contributed by atoms with E-state index in [-0.39, 0.29) is 11.9 Å². The van der Waals surface area contributed by atoms with E-state index < -0.39 is 5.95 Å². The van der Waals surface area contributed by atoms with E-state index in [0.717, 1.165) is 37.7 Å². The molecular formula is C24H27F2N4O+. The Balaban J connectivity index is 1.31. The van der Waals surface area contributed by atoms with Crippen molar-refractivity contribution in [1.82, 2.24) is 4.98 Å². The van der Waals surface area contributed by atoms with Crippen molar-refractivity contribution in [2.24, 2.45) is 22.2 Å². The molecule has 1 fully saturated rings. The van der Waals surface area contributed by atoms with Crippen molar-refractivity contribution in [2.45, 2.75) is 45.1 Å². The summed E-state index contributed by atoms with van der Waals surface area (Å²) in [5.74, 6) is 0.339. The van der Waals surface area contributed by atoms with Gasteiger partial charge in [-0.15, -0.1) is 4.68 Å². The Morgan fingerprint density at radius 2 is 1.90 bits per heavy atom. The van der Waals surface area contributed by atoms with Crippen LogP contribution in [0.2, 0.25) is 0 Å². The van der Waals surface area contributed by atoms with Crippen LogP contribution < -0.4 is 0 Å². The summed E-state index contributed by atoms with van der Waals surface area (Å²) in [6, 6.07) is 9.76. The van der Waals surface area contributed by atoms with E-state index in [1.54, 1.807) is 24.4 Å². The molecule has 1 aromatic heterocycles. The van der Waals surface area contributed by atoms with Crippen molar-refractivity contribution in [3.63, 3.8) is 0 Å². The molecule has 1 aliphatic carbocycles. The van der Waals surface area contributed by atoms with Gasteiger partial charge in [0, 0.05) is 6.20 Å². The predicted octanol–water partition coefficient (Wildman–Crippen LogP) is 5.58. The lowest BCUT2D eigenvalue weighted by Crippen LogP contribution is -2.27. The zero-order valence-electron chi connectivity index (χ0n) is 17.7. The molecule has 0 saturated heterocycles. The topological polar surface area (TPSA) is 49.8 Å². The maximum atomic E-state index is 14.2. The number of hydrogen-bond donors (Lipinski definition) is 0. The van der Waals surface area contributed by atoms with Gasteiger partial charge in [0.05, 0.1) is 23.5 Å². The fraction of sp³-hybridized carbons (Fsp3) is 0.417. The normalized spacial score (nSPS) is 22.2. The van der Waals surface area contributed by atoms with Crippen molar-refractivity contribution in [3.8, 4) is 0 Å². The molecule has 0 N–H and O–H groups in total. The largest absolute Gasteiger partial charge is 0.369 e. The molecule has 4 rings (SSSR count). The molecule has 0 bridgehead atoms. The summed E-state index contributed by atoms with van der Waals surface area (Å²) >= 11 is 0. The van der Waals surface area contributed by atoms with Gasteiger partial charge in [-0.1, -0.05) is 25.1 Å². The number of rotatable bonds is 7. The number of aromatic nitrogens is 1. The van der Waals surface area contributed by atoms with Crippen LogP contribution in [0.15, 0.2) is 58.6 Å². The van der Waals surface area contributed by atoms with Gasteiger partial charge in [0.15, 0.2) is 0 Å². The van der Waals surface area contributed by atoms with Gasteiger partial charge in [0.1, 0.15) is 17.6 Å². The number of halogens is 2. The summed E-state index contributed by atoms with van der Waals surface area (Å²) in [5, 5.41) is 8.05. The minimum atomic E-state index is -0.439. The standard InChI is InChI=1S/C24H27F2N4O/c1-16(13-17-7-12-23(26)27-14-17)18-8-10-19(11-9-18)31-15-22-24(28-29-30(22)2)20-5-3-4-6-21(20)25/h3-7,12,14,16,18-19H,2,8-11,13,15H2,1H3/q+1. The number of ether oxygens (including phenoxy) is 1. The highest BCUT2D eigenvalue weighted by Gasteiger charge is 2.31. The zero-order chi connectivity index (χ0) is 21.8. The van der Waals surface area contributed by atoms with Gasteiger partial charge in [-0.05, 0) is 67.7 Å². The molecule has 0 radical (unpaired) electrons. The van der Waals surface area contributed by atoms with Crippen LogP contribution in [0, 0.1) is 23.6 Å². The van der Waals surface area contributed by atoms with E-state index in [1.165, 1.54) is 16.8 Å². The van der Waals surface area contributed by atoms with Gasteiger partial charge in [-0.2, -0.15) is 4.39 Å². The SMILES string of the molecule is C=[N+]1N=NC(c2ccccc2F)=C1COC1CCC(C(C)Cc2ccc(F)nc2)CC1. The number of pyridine rings is 1. The molecule has 1 unspecified atom stereocenters. The summed E-state index contributed by atoms with van der Waals surface area (Å²) in [4.78, 5) is 3.75. The highest BCUT2D eigenvalue weighted by atomic mass is 19.1. The van der Waals surface area contributed by atoms with Gasteiger partial charge in [-0.3, -0.25) is 0 Å². The Kier molecular flexibility index (Phi) is 6.61. The molecule has 2 aliphatic rings. The third kappa shape index (κ3) is 5.10. The van der Waals surface area contributed by atoms with E-state index in [4.69, 9.17) is 4.74 Å². The first-order valence-corrected chi connectivity index (χ1v) is 10.7.